The quantitative estimate of drug-likeness (QED) is 0.146. The summed E-state index contributed by atoms with van der Waals surface area (Å²) in [5.74, 6) is 0. The molecule has 0 aliphatic carbocycles. The number of rotatable bonds is 22. The van der Waals surface area contributed by atoms with E-state index in [-0.39, 0.29) is 57.5 Å². The van der Waals surface area contributed by atoms with Gasteiger partial charge in [-0.25, -0.2) is 8.42 Å². The maximum atomic E-state index is 11.5. The van der Waals surface area contributed by atoms with Crippen molar-refractivity contribution < 1.29 is 69.5 Å². The second-order valence-electron chi connectivity index (χ2n) is 8.87. The molecule has 0 aliphatic heterocycles. The minimum Gasteiger partial charge on any atom is -0.748 e. The number of hydrogen-bond acceptors (Lipinski definition) is 4. The summed E-state index contributed by atoms with van der Waals surface area (Å²) in [5.41, 5.74) is 0. The molecule has 0 aromatic heterocycles. The predicted molar refractivity (Wildman–Crippen MR) is 123 cm³/mol. The van der Waals surface area contributed by atoms with Crippen molar-refractivity contribution in [1.82, 2.24) is 0 Å². The zero-order valence-corrected chi connectivity index (χ0v) is 24.3. The maximum absolute atomic E-state index is 11.5. The van der Waals surface area contributed by atoms with Gasteiger partial charge in [0.15, 0.2) is 0 Å². The van der Waals surface area contributed by atoms with Gasteiger partial charge in [-0.3, -0.25) is 0 Å². The van der Waals surface area contributed by atoms with E-state index in [0.29, 0.717) is 12.8 Å². The average Bonchev–Trinajstić information content (AvgIpc) is 2.67. The summed E-state index contributed by atoms with van der Waals surface area (Å²) >= 11 is 0. The molecule has 0 aliphatic rings. The molecule has 0 saturated heterocycles. The van der Waals surface area contributed by atoms with Crippen LogP contribution in [-0.4, -0.2) is 29.4 Å². The first kappa shape index (κ1) is 33.7. The van der Waals surface area contributed by atoms with Crippen LogP contribution in [0.1, 0.15) is 142 Å². The Balaban J connectivity index is 0. The summed E-state index contributed by atoms with van der Waals surface area (Å²) in [6.07, 6.45) is 20.6. The van der Waals surface area contributed by atoms with E-state index in [1.165, 1.54) is 38.5 Å². The monoisotopic (exact) mass is 472 g/mol. The Morgan fingerprint density at radius 1 is 0.600 bits per heavy atom. The van der Waals surface area contributed by atoms with Crippen LogP contribution in [0.5, 0.6) is 0 Å². The number of aliphatic hydroxyl groups is 1. The summed E-state index contributed by atoms with van der Waals surface area (Å²) in [6, 6.07) is 0. The van der Waals surface area contributed by atoms with Gasteiger partial charge >= 0.3 is 51.4 Å². The topological polar surface area (TPSA) is 77.4 Å². The van der Waals surface area contributed by atoms with Gasteiger partial charge in [-0.05, 0) is 25.7 Å². The molecule has 0 radical (unpaired) electrons. The maximum Gasteiger partial charge on any atom is 1.00 e. The van der Waals surface area contributed by atoms with E-state index in [1.807, 2.05) is 0 Å². The van der Waals surface area contributed by atoms with E-state index in [0.717, 1.165) is 77.0 Å². The molecule has 2 unspecified atom stereocenters. The van der Waals surface area contributed by atoms with Gasteiger partial charge in [0.1, 0.15) is 0 Å². The summed E-state index contributed by atoms with van der Waals surface area (Å²) in [7, 11) is -4.16. The Kier molecular flexibility index (Phi) is 26.6. The van der Waals surface area contributed by atoms with Gasteiger partial charge in [0, 0.05) is 5.25 Å². The van der Waals surface area contributed by atoms with E-state index in [1.54, 1.807) is 0 Å². The summed E-state index contributed by atoms with van der Waals surface area (Å²) < 4.78 is 34.5. The molecule has 6 heteroatoms. The van der Waals surface area contributed by atoms with Crippen LogP contribution in [0.3, 0.4) is 0 Å². The van der Waals surface area contributed by atoms with Crippen LogP contribution in [0.2, 0.25) is 0 Å². The predicted octanol–water partition coefficient (Wildman–Crippen LogP) is 4.11. The Morgan fingerprint density at radius 2 is 0.900 bits per heavy atom. The fourth-order valence-corrected chi connectivity index (χ4v) is 4.91. The van der Waals surface area contributed by atoms with Gasteiger partial charge in [-0.2, -0.15) is 0 Å². The van der Waals surface area contributed by atoms with Gasteiger partial charge < -0.3 is 9.66 Å². The molecule has 0 bridgehead atoms. The van der Waals surface area contributed by atoms with Crippen LogP contribution in [0.25, 0.3) is 0 Å². The summed E-state index contributed by atoms with van der Waals surface area (Å²) in [4.78, 5) is 0. The van der Waals surface area contributed by atoms with E-state index >= 15 is 0 Å². The molecule has 0 heterocycles. The fraction of sp³-hybridized carbons (Fsp3) is 1.00. The first-order chi connectivity index (χ1) is 13.9. The fourth-order valence-electron chi connectivity index (χ4n) is 4.00. The molecule has 0 amide bonds. The molecule has 0 saturated carbocycles. The third kappa shape index (κ3) is 22.7. The average molecular weight is 473 g/mol. The van der Waals surface area contributed by atoms with Crippen LogP contribution in [0, 0.1) is 0 Å². The van der Waals surface area contributed by atoms with E-state index in [2.05, 4.69) is 13.8 Å². The molecule has 0 spiro atoms. The van der Waals surface area contributed by atoms with Gasteiger partial charge in [-0.15, -0.1) is 0 Å². The van der Waals surface area contributed by atoms with E-state index < -0.39 is 15.4 Å². The zero-order chi connectivity index (χ0) is 21.8. The van der Waals surface area contributed by atoms with Crippen LogP contribution in [0.15, 0.2) is 0 Å². The molecule has 0 aromatic rings. The Labute approximate surface area is 230 Å². The molecule has 2 atom stereocenters. The Bertz CT molecular complexity index is 442. The largest absolute Gasteiger partial charge is 1.00 e. The normalized spacial score (nSPS) is 13.7. The zero-order valence-electron chi connectivity index (χ0n) is 20.4. The number of hydrogen-bond donors (Lipinski definition) is 1. The third-order valence-corrected chi connectivity index (χ3v) is 7.28. The standard InChI is InChI=1S/C24H50O4S.K/c1-3-5-7-9-13-17-21-24(29(26,27)28)22-18-14-11-10-12-16-20-23(25)19-15-8-6-4-2;/h23-25H,3-22H2,1-2H3,(H,26,27,28);/q;+1/p-1. The minimum atomic E-state index is -4.16. The molecule has 0 aromatic carbocycles. The van der Waals surface area contributed by atoms with E-state index in [9.17, 15) is 18.1 Å². The molecule has 0 rings (SSSR count). The molecule has 30 heavy (non-hydrogen) atoms. The second kappa shape index (κ2) is 23.7. The Morgan fingerprint density at radius 3 is 1.27 bits per heavy atom. The van der Waals surface area contributed by atoms with Crippen molar-refractivity contribution in [3.05, 3.63) is 0 Å². The molecular formula is C24H49KO4S. The summed E-state index contributed by atoms with van der Waals surface area (Å²) in [6.45, 7) is 4.38. The van der Waals surface area contributed by atoms with Crippen molar-refractivity contribution in [3.8, 4) is 0 Å². The van der Waals surface area contributed by atoms with Gasteiger partial charge in [-0.1, -0.05) is 117 Å². The Hall–Kier alpha value is 1.51. The number of aliphatic hydroxyl groups excluding tert-OH is 1. The van der Waals surface area contributed by atoms with Crippen molar-refractivity contribution in [2.45, 2.75) is 154 Å². The van der Waals surface area contributed by atoms with Crippen LogP contribution < -0.4 is 51.4 Å². The van der Waals surface area contributed by atoms with Crippen LogP contribution in [-0.2, 0) is 10.1 Å². The van der Waals surface area contributed by atoms with Gasteiger partial charge in [0.05, 0.1) is 16.2 Å². The first-order valence-corrected chi connectivity index (χ1v) is 14.0. The van der Waals surface area contributed by atoms with Crippen molar-refractivity contribution in [2.24, 2.45) is 0 Å². The molecule has 0 fully saturated rings. The SMILES string of the molecule is CCCCCCCCC(CCCCCCCCC(O)CCCCCC)S(=O)(=O)[O-].[K+]. The van der Waals surface area contributed by atoms with Crippen molar-refractivity contribution in [2.75, 3.05) is 0 Å². The van der Waals surface area contributed by atoms with Crippen LogP contribution >= 0.6 is 0 Å². The first-order valence-electron chi connectivity index (χ1n) is 12.5. The molecule has 4 nitrogen and oxygen atoms in total. The summed E-state index contributed by atoms with van der Waals surface area (Å²) in [5, 5.41) is 9.29. The minimum absolute atomic E-state index is 0. The third-order valence-electron chi connectivity index (χ3n) is 5.99. The van der Waals surface area contributed by atoms with Crippen molar-refractivity contribution >= 4 is 10.1 Å². The number of unbranched alkanes of at least 4 members (excludes halogenated alkanes) is 13. The van der Waals surface area contributed by atoms with Crippen molar-refractivity contribution in [1.29, 1.82) is 0 Å². The second-order valence-corrected chi connectivity index (χ2v) is 10.5. The van der Waals surface area contributed by atoms with E-state index in [4.69, 9.17) is 0 Å². The molecule has 176 valence electrons. The smallest absolute Gasteiger partial charge is 0.748 e. The molecular weight excluding hydrogens is 423 g/mol. The van der Waals surface area contributed by atoms with Gasteiger partial charge in [0.2, 0.25) is 0 Å². The van der Waals surface area contributed by atoms with Gasteiger partial charge in [0.25, 0.3) is 0 Å². The van der Waals surface area contributed by atoms with Crippen LogP contribution in [0.4, 0.5) is 0 Å². The molecule has 1 N–H and O–H groups in total. The van der Waals surface area contributed by atoms with Crippen molar-refractivity contribution in [3.63, 3.8) is 0 Å².